The predicted octanol–water partition coefficient (Wildman–Crippen LogP) is 3.89. The first kappa shape index (κ1) is 18.9. The summed E-state index contributed by atoms with van der Waals surface area (Å²) in [7, 11) is 0. The topological polar surface area (TPSA) is 85.4 Å². The molecule has 0 amide bonds. The second kappa shape index (κ2) is 7.37. The number of rotatable bonds is 4. The Morgan fingerprint density at radius 1 is 1.46 bits per heavy atom. The molecule has 3 atom stereocenters. The number of hydrogen-bond donors (Lipinski definition) is 2. The minimum absolute atomic E-state index is 0.0507. The van der Waals surface area contributed by atoms with Gasteiger partial charge >= 0.3 is 5.97 Å². The molecule has 5 nitrogen and oxygen atoms in total. The van der Waals surface area contributed by atoms with E-state index in [1.54, 1.807) is 6.20 Å². The third-order valence-electron chi connectivity index (χ3n) is 5.09. The maximum Gasteiger partial charge on any atom is 0.309 e. The third kappa shape index (κ3) is 3.76. The highest BCUT2D eigenvalue weighted by molar-refractivity contribution is 7.15. The minimum atomic E-state index is -0.985. The van der Waals surface area contributed by atoms with E-state index in [0.29, 0.717) is 30.9 Å². The van der Waals surface area contributed by atoms with Crippen LogP contribution in [-0.4, -0.2) is 22.7 Å². The van der Waals surface area contributed by atoms with Gasteiger partial charge in [0.25, 0.3) is 0 Å². The molecule has 1 aliphatic carbocycles. The first-order valence-electron chi connectivity index (χ1n) is 9.05. The molecular formula is C20H26N2O3S. The van der Waals surface area contributed by atoms with Crippen LogP contribution >= 0.6 is 11.3 Å². The average Bonchev–Trinajstić information content (AvgIpc) is 3.05. The lowest BCUT2D eigenvalue weighted by molar-refractivity contribution is -0.154. The van der Waals surface area contributed by atoms with Crippen LogP contribution in [0.4, 0.5) is 5.69 Å². The number of aromatic nitrogens is 1. The van der Waals surface area contributed by atoms with Crippen molar-refractivity contribution in [3.8, 4) is 10.4 Å². The first-order valence-corrected chi connectivity index (χ1v) is 9.87. The predicted molar refractivity (Wildman–Crippen MR) is 104 cm³/mol. The van der Waals surface area contributed by atoms with E-state index >= 15 is 0 Å². The molecule has 0 spiro atoms. The van der Waals surface area contributed by atoms with Gasteiger partial charge in [-0.3, -0.25) is 4.79 Å². The van der Waals surface area contributed by atoms with Crippen LogP contribution in [0.2, 0.25) is 0 Å². The molecule has 3 N–H and O–H groups in total. The van der Waals surface area contributed by atoms with Crippen LogP contribution in [0.1, 0.15) is 43.7 Å². The van der Waals surface area contributed by atoms with Gasteiger partial charge in [0.2, 0.25) is 0 Å². The summed E-state index contributed by atoms with van der Waals surface area (Å²) in [5, 5.41) is 11.9. The van der Waals surface area contributed by atoms with Gasteiger partial charge in [-0.05, 0) is 62.3 Å². The highest BCUT2D eigenvalue weighted by Crippen LogP contribution is 2.45. The van der Waals surface area contributed by atoms with Gasteiger partial charge < -0.3 is 15.6 Å². The Balaban J connectivity index is 1.80. The van der Waals surface area contributed by atoms with Crippen LogP contribution in [-0.2, 0) is 15.1 Å². The van der Waals surface area contributed by atoms with Crippen LogP contribution in [0, 0.1) is 18.8 Å². The first-order chi connectivity index (χ1) is 12.3. The fraction of sp³-hybridized carbons (Fsp3) is 0.500. The highest BCUT2D eigenvalue weighted by Gasteiger charge is 2.43. The molecule has 0 aliphatic heterocycles. The normalized spacial score (nSPS) is 25.8. The second-order valence-electron chi connectivity index (χ2n) is 7.27. The van der Waals surface area contributed by atoms with Crippen molar-refractivity contribution in [1.82, 2.24) is 4.98 Å². The summed E-state index contributed by atoms with van der Waals surface area (Å²) < 4.78 is 5.16. The molecule has 1 aromatic heterocycles. The number of carbonyl (C=O) groups is 1. The lowest BCUT2D eigenvalue weighted by Crippen LogP contribution is -2.39. The Labute approximate surface area is 158 Å². The number of hydrogen-bond acceptors (Lipinski definition) is 6. The summed E-state index contributed by atoms with van der Waals surface area (Å²) in [6.07, 6.45) is 3.44. The molecule has 3 rings (SSSR count). The van der Waals surface area contributed by atoms with Crippen LogP contribution in [0.25, 0.3) is 10.4 Å². The number of nitrogen functional groups attached to an aromatic ring is 1. The number of aryl methyl sites for hydroxylation is 1. The molecule has 1 aliphatic rings. The number of nitrogens with two attached hydrogens (primary N) is 1. The Bertz CT molecular complexity index is 784. The summed E-state index contributed by atoms with van der Waals surface area (Å²) in [5.74, 6) is -0.252. The molecule has 140 valence electrons. The van der Waals surface area contributed by atoms with Gasteiger partial charge in [-0.25, -0.2) is 4.98 Å². The molecule has 1 saturated carbocycles. The Hall–Kier alpha value is -1.92. The Kier molecular flexibility index (Phi) is 5.34. The van der Waals surface area contributed by atoms with Crippen molar-refractivity contribution in [2.45, 2.75) is 45.6 Å². The molecular weight excluding hydrogens is 348 g/mol. The number of carbonyl (C=O) groups excluding carboxylic acids is 1. The number of anilines is 1. The quantitative estimate of drug-likeness (QED) is 0.626. The van der Waals surface area contributed by atoms with Crippen molar-refractivity contribution in [2.75, 3.05) is 12.3 Å². The Morgan fingerprint density at radius 2 is 2.23 bits per heavy atom. The summed E-state index contributed by atoms with van der Waals surface area (Å²) in [6, 6.07) is 5.92. The summed E-state index contributed by atoms with van der Waals surface area (Å²) in [5.41, 5.74) is 7.80. The molecule has 1 aromatic carbocycles. The molecule has 2 aromatic rings. The summed E-state index contributed by atoms with van der Waals surface area (Å²) in [6.45, 7) is 6.22. The van der Waals surface area contributed by atoms with Crippen molar-refractivity contribution < 1.29 is 14.6 Å². The number of benzene rings is 1. The van der Waals surface area contributed by atoms with Crippen LogP contribution in [0.15, 0.2) is 24.4 Å². The molecule has 6 heteroatoms. The van der Waals surface area contributed by atoms with Crippen molar-refractivity contribution in [1.29, 1.82) is 0 Å². The van der Waals surface area contributed by atoms with E-state index in [1.165, 1.54) is 11.3 Å². The lowest BCUT2D eigenvalue weighted by Gasteiger charge is -2.37. The van der Waals surface area contributed by atoms with Gasteiger partial charge in [0, 0.05) is 11.9 Å². The molecule has 3 unspecified atom stereocenters. The number of aliphatic hydroxyl groups is 1. The SMILES string of the molecule is CCOC(=O)C1CCC(O)(c2ncc(-c3cc(C)cc(N)c3)s2)CC1C. The number of ether oxygens (including phenoxy) is 1. The van der Waals surface area contributed by atoms with Crippen molar-refractivity contribution in [2.24, 2.45) is 11.8 Å². The smallest absolute Gasteiger partial charge is 0.309 e. The van der Waals surface area contributed by atoms with E-state index in [4.69, 9.17) is 10.5 Å². The van der Waals surface area contributed by atoms with Crippen LogP contribution < -0.4 is 5.73 Å². The monoisotopic (exact) mass is 374 g/mol. The summed E-state index contributed by atoms with van der Waals surface area (Å²) in [4.78, 5) is 17.6. The zero-order valence-electron chi connectivity index (χ0n) is 15.5. The van der Waals surface area contributed by atoms with E-state index in [-0.39, 0.29) is 17.8 Å². The van der Waals surface area contributed by atoms with E-state index in [1.807, 2.05) is 32.9 Å². The molecule has 26 heavy (non-hydrogen) atoms. The van der Waals surface area contributed by atoms with E-state index in [2.05, 4.69) is 11.1 Å². The Morgan fingerprint density at radius 3 is 2.88 bits per heavy atom. The van der Waals surface area contributed by atoms with Gasteiger partial charge in [0.1, 0.15) is 10.6 Å². The fourth-order valence-electron chi connectivity index (χ4n) is 3.83. The number of thiazole rings is 1. The highest BCUT2D eigenvalue weighted by atomic mass is 32.1. The third-order valence-corrected chi connectivity index (χ3v) is 6.33. The van der Waals surface area contributed by atoms with Crippen LogP contribution in [0.3, 0.4) is 0 Å². The maximum absolute atomic E-state index is 12.1. The van der Waals surface area contributed by atoms with E-state index in [9.17, 15) is 9.90 Å². The standard InChI is InChI=1S/C20H26N2O3S/c1-4-25-18(23)16-5-6-20(24,10-13(16)3)19-22-11-17(26-19)14-7-12(2)8-15(21)9-14/h7-9,11,13,16,24H,4-6,10,21H2,1-3H3. The maximum atomic E-state index is 12.1. The van der Waals surface area contributed by atoms with Gasteiger partial charge in [-0.15, -0.1) is 11.3 Å². The minimum Gasteiger partial charge on any atom is -0.466 e. The largest absolute Gasteiger partial charge is 0.466 e. The number of nitrogens with zero attached hydrogens (tertiary/aromatic N) is 1. The van der Waals surface area contributed by atoms with E-state index < -0.39 is 5.60 Å². The average molecular weight is 375 g/mol. The van der Waals surface area contributed by atoms with E-state index in [0.717, 1.165) is 21.7 Å². The van der Waals surface area contributed by atoms with Crippen molar-refractivity contribution >= 4 is 23.0 Å². The number of esters is 1. The van der Waals surface area contributed by atoms with Crippen molar-refractivity contribution in [3.05, 3.63) is 35.0 Å². The molecule has 0 bridgehead atoms. The van der Waals surface area contributed by atoms with Gasteiger partial charge in [0.15, 0.2) is 0 Å². The van der Waals surface area contributed by atoms with Gasteiger partial charge in [0.05, 0.1) is 17.4 Å². The molecule has 0 radical (unpaired) electrons. The summed E-state index contributed by atoms with van der Waals surface area (Å²) >= 11 is 1.50. The zero-order valence-corrected chi connectivity index (χ0v) is 16.3. The molecule has 0 saturated heterocycles. The van der Waals surface area contributed by atoms with Gasteiger partial charge in [-0.1, -0.05) is 13.0 Å². The van der Waals surface area contributed by atoms with Gasteiger partial charge in [-0.2, -0.15) is 0 Å². The fourth-order valence-corrected chi connectivity index (χ4v) is 4.86. The van der Waals surface area contributed by atoms with Crippen LogP contribution in [0.5, 0.6) is 0 Å². The molecule has 1 fully saturated rings. The van der Waals surface area contributed by atoms with Crippen molar-refractivity contribution in [3.63, 3.8) is 0 Å². The second-order valence-corrected chi connectivity index (χ2v) is 8.30. The molecule has 1 heterocycles. The lowest BCUT2D eigenvalue weighted by atomic mass is 9.72. The zero-order chi connectivity index (χ0) is 18.9.